The minimum absolute atomic E-state index is 0.00722. The molecule has 1 fully saturated rings. The second-order valence-corrected chi connectivity index (χ2v) is 7.22. The number of aryl methyl sites for hydroxylation is 1. The van der Waals surface area contributed by atoms with Crippen molar-refractivity contribution in [2.75, 3.05) is 46.5 Å². The Morgan fingerprint density at radius 1 is 1.10 bits per heavy atom. The molecule has 1 aliphatic heterocycles. The number of carbonyl (C=O) groups is 2. The van der Waals surface area contributed by atoms with Crippen molar-refractivity contribution in [3.8, 4) is 0 Å². The zero-order valence-corrected chi connectivity index (χ0v) is 17.0. The summed E-state index contributed by atoms with van der Waals surface area (Å²) in [6.07, 6.45) is -0.234. The molecule has 29 heavy (non-hydrogen) atoms. The summed E-state index contributed by atoms with van der Waals surface area (Å²) in [5, 5.41) is 0. The monoisotopic (exact) mass is 396 g/mol. The molecule has 154 valence electrons. The van der Waals surface area contributed by atoms with Crippen LogP contribution < -0.4 is 0 Å². The Bertz CT molecular complexity index is 807. The maximum Gasteiger partial charge on any atom is 0.254 e. The molecule has 0 saturated carbocycles. The van der Waals surface area contributed by atoms with Crippen molar-refractivity contribution in [3.05, 3.63) is 71.3 Å². The van der Waals surface area contributed by atoms with Crippen LogP contribution in [-0.4, -0.2) is 74.2 Å². The van der Waals surface area contributed by atoms with Gasteiger partial charge in [-0.05, 0) is 31.2 Å². The molecule has 0 aromatic heterocycles. The van der Waals surface area contributed by atoms with E-state index in [1.54, 1.807) is 16.9 Å². The second-order valence-electron chi connectivity index (χ2n) is 7.22. The highest BCUT2D eigenvalue weighted by Gasteiger charge is 2.28. The van der Waals surface area contributed by atoms with E-state index < -0.39 is 0 Å². The van der Waals surface area contributed by atoms with Crippen LogP contribution in [0, 0.1) is 6.92 Å². The van der Waals surface area contributed by atoms with E-state index in [0.29, 0.717) is 50.5 Å². The van der Waals surface area contributed by atoms with Crippen LogP contribution in [-0.2, 0) is 9.47 Å². The van der Waals surface area contributed by atoms with Crippen LogP contribution in [0.4, 0.5) is 0 Å². The first kappa shape index (κ1) is 21.0. The SMILES string of the molecule is COCCN(CC1CN(C(=O)c2ccccc2)CCO1)C(=O)c1ccc(C)cc1. The summed E-state index contributed by atoms with van der Waals surface area (Å²) >= 11 is 0. The first-order valence-electron chi connectivity index (χ1n) is 9.89. The minimum Gasteiger partial charge on any atom is -0.383 e. The molecule has 0 radical (unpaired) electrons. The standard InChI is InChI=1S/C23H28N2O4/c1-18-8-10-20(11-9-18)23(27)24(12-14-28-2)16-21-17-25(13-15-29-21)22(26)19-6-4-3-5-7-19/h3-11,21H,12-17H2,1-2H3. The lowest BCUT2D eigenvalue weighted by Crippen LogP contribution is -2.51. The normalized spacial score (nSPS) is 16.5. The van der Waals surface area contributed by atoms with Gasteiger partial charge in [-0.3, -0.25) is 9.59 Å². The van der Waals surface area contributed by atoms with Crippen molar-refractivity contribution in [3.63, 3.8) is 0 Å². The second kappa shape index (κ2) is 10.2. The molecule has 0 bridgehead atoms. The highest BCUT2D eigenvalue weighted by molar-refractivity contribution is 5.95. The van der Waals surface area contributed by atoms with Gasteiger partial charge >= 0.3 is 0 Å². The summed E-state index contributed by atoms with van der Waals surface area (Å²) in [4.78, 5) is 29.3. The zero-order valence-electron chi connectivity index (χ0n) is 17.0. The molecule has 1 aliphatic rings. The molecule has 2 aromatic carbocycles. The van der Waals surface area contributed by atoms with E-state index in [1.165, 1.54) is 0 Å². The summed E-state index contributed by atoms with van der Waals surface area (Å²) in [6, 6.07) is 16.8. The van der Waals surface area contributed by atoms with Crippen molar-refractivity contribution in [1.82, 2.24) is 9.80 Å². The van der Waals surface area contributed by atoms with Crippen LogP contribution in [0.25, 0.3) is 0 Å². The molecular weight excluding hydrogens is 368 g/mol. The summed E-state index contributed by atoms with van der Waals surface area (Å²) in [5.74, 6) is -0.0654. The quantitative estimate of drug-likeness (QED) is 0.722. The van der Waals surface area contributed by atoms with Crippen molar-refractivity contribution in [2.24, 2.45) is 0 Å². The molecule has 1 heterocycles. The Kier molecular flexibility index (Phi) is 7.38. The predicted molar refractivity (Wildman–Crippen MR) is 111 cm³/mol. The van der Waals surface area contributed by atoms with Gasteiger partial charge in [-0.2, -0.15) is 0 Å². The highest BCUT2D eigenvalue weighted by atomic mass is 16.5. The van der Waals surface area contributed by atoms with Gasteiger partial charge in [0.15, 0.2) is 0 Å². The molecule has 3 rings (SSSR count). The molecule has 2 amide bonds. The van der Waals surface area contributed by atoms with Gasteiger partial charge in [0, 0.05) is 44.4 Å². The van der Waals surface area contributed by atoms with Gasteiger partial charge in [-0.25, -0.2) is 0 Å². The van der Waals surface area contributed by atoms with E-state index in [4.69, 9.17) is 9.47 Å². The molecule has 0 aliphatic carbocycles. The summed E-state index contributed by atoms with van der Waals surface area (Å²) in [5.41, 5.74) is 2.41. The van der Waals surface area contributed by atoms with E-state index in [2.05, 4.69) is 0 Å². The first-order valence-corrected chi connectivity index (χ1v) is 9.89. The van der Waals surface area contributed by atoms with E-state index >= 15 is 0 Å². The number of hydrogen-bond donors (Lipinski definition) is 0. The van der Waals surface area contributed by atoms with E-state index in [1.807, 2.05) is 61.5 Å². The lowest BCUT2D eigenvalue weighted by Gasteiger charge is -2.36. The van der Waals surface area contributed by atoms with E-state index in [9.17, 15) is 9.59 Å². The van der Waals surface area contributed by atoms with Gasteiger partial charge in [-0.15, -0.1) is 0 Å². The third-order valence-corrected chi connectivity index (χ3v) is 5.02. The molecule has 1 unspecified atom stereocenters. The minimum atomic E-state index is -0.234. The third kappa shape index (κ3) is 5.65. The number of ether oxygens (including phenoxy) is 2. The van der Waals surface area contributed by atoms with Gasteiger partial charge in [0.1, 0.15) is 0 Å². The average Bonchev–Trinajstić information content (AvgIpc) is 2.77. The number of methoxy groups -OCH3 is 1. The fraction of sp³-hybridized carbons (Fsp3) is 0.391. The number of benzene rings is 2. The Labute approximate surface area is 172 Å². The van der Waals surface area contributed by atoms with Crippen LogP contribution in [0.5, 0.6) is 0 Å². The highest BCUT2D eigenvalue weighted by Crippen LogP contribution is 2.14. The van der Waals surface area contributed by atoms with Gasteiger partial charge < -0.3 is 19.3 Å². The van der Waals surface area contributed by atoms with Crippen LogP contribution in [0.15, 0.2) is 54.6 Å². The summed E-state index contributed by atoms with van der Waals surface area (Å²) in [7, 11) is 1.62. The maximum absolute atomic E-state index is 13.0. The van der Waals surface area contributed by atoms with Gasteiger partial charge in [0.25, 0.3) is 11.8 Å². The molecule has 1 atom stereocenters. The van der Waals surface area contributed by atoms with Crippen LogP contribution in [0.3, 0.4) is 0 Å². The number of nitrogens with zero attached hydrogens (tertiary/aromatic N) is 2. The Morgan fingerprint density at radius 3 is 2.52 bits per heavy atom. The van der Waals surface area contributed by atoms with Crippen molar-refractivity contribution in [1.29, 1.82) is 0 Å². The number of hydrogen-bond acceptors (Lipinski definition) is 4. The lowest BCUT2D eigenvalue weighted by molar-refractivity contribution is -0.0346. The van der Waals surface area contributed by atoms with Crippen LogP contribution in [0.2, 0.25) is 0 Å². The molecule has 1 saturated heterocycles. The lowest BCUT2D eigenvalue weighted by atomic mass is 10.1. The Hall–Kier alpha value is -2.70. The topological polar surface area (TPSA) is 59.1 Å². The largest absolute Gasteiger partial charge is 0.383 e. The van der Waals surface area contributed by atoms with Crippen molar-refractivity contribution < 1.29 is 19.1 Å². The average molecular weight is 396 g/mol. The van der Waals surface area contributed by atoms with Crippen LogP contribution >= 0.6 is 0 Å². The van der Waals surface area contributed by atoms with E-state index in [0.717, 1.165) is 5.56 Å². The summed E-state index contributed by atoms with van der Waals surface area (Å²) in [6.45, 7) is 4.78. The fourth-order valence-electron chi connectivity index (χ4n) is 3.38. The molecule has 0 N–H and O–H groups in total. The predicted octanol–water partition coefficient (Wildman–Crippen LogP) is 2.62. The Morgan fingerprint density at radius 2 is 1.83 bits per heavy atom. The van der Waals surface area contributed by atoms with E-state index in [-0.39, 0.29) is 17.9 Å². The number of carbonyl (C=O) groups excluding carboxylic acids is 2. The Balaban J connectivity index is 1.67. The van der Waals surface area contributed by atoms with Gasteiger partial charge in [0.05, 0.1) is 19.3 Å². The maximum atomic E-state index is 13.0. The molecule has 0 spiro atoms. The first-order chi connectivity index (χ1) is 14.1. The fourth-order valence-corrected chi connectivity index (χ4v) is 3.38. The summed E-state index contributed by atoms with van der Waals surface area (Å²) < 4.78 is 11.1. The molecule has 6 nitrogen and oxygen atoms in total. The molecule has 6 heteroatoms. The van der Waals surface area contributed by atoms with Gasteiger partial charge in [-0.1, -0.05) is 35.9 Å². The van der Waals surface area contributed by atoms with Crippen LogP contribution in [0.1, 0.15) is 26.3 Å². The number of rotatable bonds is 7. The number of amides is 2. The number of morpholine rings is 1. The van der Waals surface area contributed by atoms with Gasteiger partial charge in [0.2, 0.25) is 0 Å². The van der Waals surface area contributed by atoms with Crippen molar-refractivity contribution in [2.45, 2.75) is 13.0 Å². The smallest absolute Gasteiger partial charge is 0.254 e. The third-order valence-electron chi connectivity index (χ3n) is 5.02. The van der Waals surface area contributed by atoms with Crippen molar-refractivity contribution >= 4 is 11.8 Å². The molecule has 2 aromatic rings. The zero-order chi connectivity index (χ0) is 20.6. The molecular formula is C23H28N2O4.